The number of ether oxygens (including phenoxy) is 1. The molecule has 1 N–H and O–H groups in total. The third-order valence-electron chi connectivity index (χ3n) is 4.50. The van der Waals surface area contributed by atoms with Gasteiger partial charge in [0.05, 0.1) is 5.60 Å². The Balaban J connectivity index is 2.18. The highest BCUT2D eigenvalue weighted by atomic mass is 35.5. The molecule has 2 nitrogen and oxygen atoms in total. The first kappa shape index (κ1) is 15.8. The van der Waals surface area contributed by atoms with Gasteiger partial charge in [0.15, 0.2) is 0 Å². The zero-order valence-electron chi connectivity index (χ0n) is 12.8. The van der Waals surface area contributed by atoms with Gasteiger partial charge in [0.1, 0.15) is 0 Å². The number of hydrogen-bond acceptors (Lipinski definition) is 2. The normalized spacial score (nSPS) is 19.2. The number of hydrogen-bond donors (Lipinski definition) is 1. The monoisotopic (exact) mass is 295 g/mol. The van der Waals surface area contributed by atoms with Gasteiger partial charge in [-0.2, -0.15) is 0 Å². The maximum atomic E-state index is 6.39. The van der Waals surface area contributed by atoms with E-state index in [4.69, 9.17) is 16.3 Å². The third kappa shape index (κ3) is 3.36. The van der Waals surface area contributed by atoms with Crippen LogP contribution < -0.4 is 5.32 Å². The second-order valence-electron chi connectivity index (χ2n) is 5.85. The Labute approximate surface area is 127 Å². The number of likely N-dealkylation sites (N-methyl/N-ethyl adjacent to an activating group) is 1. The Morgan fingerprint density at radius 2 is 2.05 bits per heavy atom. The minimum Gasteiger partial charge on any atom is -0.374 e. The highest BCUT2D eigenvalue weighted by Crippen LogP contribution is 2.37. The lowest BCUT2D eigenvalue weighted by Crippen LogP contribution is -2.51. The van der Waals surface area contributed by atoms with Crippen molar-refractivity contribution in [1.82, 2.24) is 5.32 Å². The van der Waals surface area contributed by atoms with E-state index in [0.29, 0.717) is 6.04 Å². The van der Waals surface area contributed by atoms with Crippen LogP contribution in [-0.4, -0.2) is 25.3 Å². The van der Waals surface area contributed by atoms with E-state index in [0.717, 1.165) is 30.9 Å². The zero-order valence-corrected chi connectivity index (χ0v) is 13.6. The quantitative estimate of drug-likeness (QED) is 0.852. The predicted molar refractivity (Wildman–Crippen MR) is 85.6 cm³/mol. The number of halogens is 1. The van der Waals surface area contributed by atoms with Crippen LogP contribution in [0.1, 0.15) is 43.7 Å². The fourth-order valence-corrected chi connectivity index (χ4v) is 3.76. The SMILES string of the molecule is CCOC1(C(Cc2ccc(C)cc2Cl)NC)CCCC1. The molecule has 0 saturated heterocycles. The Morgan fingerprint density at radius 1 is 1.35 bits per heavy atom. The summed E-state index contributed by atoms with van der Waals surface area (Å²) in [5.74, 6) is 0. The van der Waals surface area contributed by atoms with Crippen LogP contribution in [0, 0.1) is 6.92 Å². The summed E-state index contributed by atoms with van der Waals surface area (Å²) < 4.78 is 6.17. The van der Waals surface area contributed by atoms with Gasteiger partial charge in [-0.25, -0.2) is 0 Å². The summed E-state index contributed by atoms with van der Waals surface area (Å²) in [6.07, 6.45) is 5.75. The molecule has 1 aliphatic rings. The molecule has 112 valence electrons. The van der Waals surface area contributed by atoms with E-state index in [1.807, 2.05) is 13.1 Å². The van der Waals surface area contributed by atoms with Crippen molar-refractivity contribution in [3.63, 3.8) is 0 Å². The number of aryl methyl sites for hydroxylation is 1. The Morgan fingerprint density at radius 3 is 2.60 bits per heavy atom. The van der Waals surface area contributed by atoms with E-state index in [-0.39, 0.29) is 5.60 Å². The molecule has 1 atom stereocenters. The van der Waals surface area contributed by atoms with Gasteiger partial charge in [-0.3, -0.25) is 0 Å². The molecule has 0 amide bonds. The summed E-state index contributed by atoms with van der Waals surface area (Å²) in [4.78, 5) is 0. The van der Waals surface area contributed by atoms with Gasteiger partial charge >= 0.3 is 0 Å². The van der Waals surface area contributed by atoms with Gasteiger partial charge in [-0.1, -0.05) is 36.6 Å². The van der Waals surface area contributed by atoms with Crippen molar-refractivity contribution in [2.45, 2.75) is 57.6 Å². The Hall–Kier alpha value is -0.570. The molecule has 0 aromatic heterocycles. The predicted octanol–water partition coefficient (Wildman–Crippen LogP) is 4.13. The van der Waals surface area contributed by atoms with Gasteiger partial charge < -0.3 is 10.1 Å². The molecular weight excluding hydrogens is 270 g/mol. The summed E-state index contributed by atoms with van der Waals surface area (Å²) in [5, 5.41) is 4.35. The van der Waals surface area contributed by atoms with Gasteiger partial charge in [0.2, 0.25) is 0 Å². The van der Waals surface area contributed by atoms with Crippen molar-refractivity contribution in [3.05, 3.63) is 34.3 Å². The number of benzene rings is 1. The van der Waals surface area contributed by atoms with Crippen molar-refractivity contribution in [3.8, 4) is 0 Å². The molecule has 0 heterocycles. The molecule has 0 bridgehead atoms. The maximum Gasteiger partial charge on any atom is 0.0837 e. The Bertz CT molecular complexity index is 441. The van der Waals surface area contributed by atoms with E-state index in [9.17, 15) is 0 Å². The summed E-state index contributed by atoms with van der Waals surface area (Å²) in [6.45, 7) is 4.94. The lowest BCUT2D eigenvalue weighted by atomic mass is 9.87. The zero-order chi connectivity index (χ0) is 14.6. The average Bonchev–Trinajstić information content (AvgIpc) is 2.88. The lowest BCUT2D eigenvalue weighted by molar-refractivity contribution is -0.0597. The van der Waals surface area contributed by atoms with E-state index < -0.39 is 0 Å². The molecule has 2 rings (SSSR count). The molecule has 0 radical (unpaired) electrons. The van der Waals surface area contributed by atoms with Gasteiger partial charge in [0, 0.05) is 17.7 Å². The van der Waals surface area contributed by atoms with Crippen LogP contribution in [0.25, 0.3) is 0 Å². The summed E-state index contributed by atoms with van der Waals surface area (Å²) in [6, 6.07) is 6.66. The lowest BCUT2D eigenvalue weighted by Gasteiger charge is -2.37. The molecule has 1 aliphatic carbocycles. The van der Waals surface area contributed by atoms with E-state index >= 15 is 0 Å². The van der Waals surface area contributed by atoms with Crippen LogP contribution >= 0.6 is 11.6 Å². The van der Waals surface area contributed by atoms with E-state index in [1.165, 1.54) is 24.0 Å². The van der Waals surface area contributed by atoms with E-state index in [1.54, 1.807) is 0 Å². The van der Waals surface area contributed by atoms with E-state index in [2.05, 4.69) is 31.3 Å². The minimum atomic E-state index is -0.0162. The van der Waals surface area contributed by atoms with Gasteiger partial charge in [-0.05, 0) is 57.4 Å². The smallest absolute Gasteiger partial charge is 0.0837 e. The fraction of sp³-hybridized carbons (Fsp3) is 0.647. The molecule has 0 spiro atoms. The van der Waals surface area contributed by atoms with Gasteiger partial charge in [0.25, 0.3) is 0 Å². The van der Waals surface area contributed by atoms with Crippen molar-refractivity contribution in [1.29, 1.82) is 0 Å². The van der Waals surface area contributed by atoms with Crippen molar-refractivity contribution in [2.24, 2.45) is 0 Å². The number of nitrogens with one attached hydrogen (secondary N) is 1. The van der Waals surface area contributed by atoms with Gasteiger partial charge in [-0.15, -0.1) is 0 Å². The van der Waals surface area contributed by atoms with Crippen LogP contribution in [0.3, 0.4) is 0 Å². The van der Waals surface area contributed by atoms with Crippen LogP contribution in [0.15, 0.2) is 18.2 Å². The molecule has 1 saturated carbocycles. The molecule has 3 heteroatoms. The largest absolute Gasteiger partial charge is 0.374 e. The molecule has 20 heavy (non-hydrogen) atoms. The molecule has 1 aromatic rings. The molecule has 0 aliphatic heterocycles. The summed E-state index contributed by atoms with van der Waals surface area (Å²) >= 11 is 6.39. The van der Waals surface area contributed by atoms with Crippen LogP contribution in [0.4, 0.5) is 0 Å². The highest BCUT2D eigenvalue weighted by Gasteiger charge is 2.41. The van der Waals surface area contributed by atoms with Crippen LogP contribution in [0.5, 0.6) is 0 Å². The minimum absolute atomic E-state index is 0.0162. The highest BCUT2D eigenvalue weighted by molar-refractivity contribution is 6.31. The molecule has 1 fully saturated rings. The van der Waals surface area contributed by atoms with Crippen LogP contribution in [-0.2, 0) is 11.2 Å². The van der Waals surface area contributed by atoms with Crippen molar-refractivity contribution < 1.29 is 4.74 Å². The third-order valence-corrected chi connectivity index (χ3v) is 4.85. The van der Waals surface area contributed by atoms with Crippen molar-refractivity contribution in [2.75, 3.05) is 13.7 Å². The standard InChI is InChI=1S/C17H26ClNO/c1-4-20-17(9-5-6-10-17)16(19-3)12-14-8-7-13(2)11-15(14)18/h7-8,11,16,19H,4-6,9-10,12H2,1-3H3. The first-order valence-corrected chi connectivity index (χ1v) is 8.05. The second-order valence-corrected chi connectivity index (χ2v) is 6.25. The second kappa shape index (κ2) is 6.93. The van der Waals surface area contributed by atoms with Crippen LogP contribution in [0.2, 0.25) is 5.02 Å². The average molecular weight is 296 g/mol. The molecular formula is C17H26ClNO. The Kier molecular flexibility index (Phi) is 5.48. The first-order valence-electron chi connectivity index (χ1n) is 7.67. The summed E-state index contributed by atoms with van der Waals surface area (Å²) in [7, 11) is 2.03. The number of rotatable bonds is 6. The summed E-state index contributed by atoms with van der Waals surface area (Å²) in [5.41, 5.74) is 2.40. The maximum absolute atomic E-state index is 6.39. The topological polar surface area (TPSA) is 21.3 Å². The molecule has 1 aromatic carbocycles. The van der Waals surface area contributed by atoms with Crippen molar-refractivity contribution >= 4 is 11.6 Å². The fourth-order valence-electron chi connectivity index (χ4n) is 3.44. The molecule has 1 unspecified atom stereocenters. The first-order chi connectivity index (χ1) is 9.61.